The van der Waals surface area contributed by atoms with Crippen LogP contribution >= 0.6 is 15.9 Å². The van der Waals surface area contributed by atoms with E-state index in [0.717, 1.165) is 7.11 Å². The number of ether oxygens (including phenoxy) is 3. The molecule has 2 rings (SSSR count). The lowest BCUT2D eigenvalue weighted by Gasteiger charge is -2.30. The minimum absolute atomic E-state index is 0.0189. The first kappa shape index (κ1) is 23.9. The first-order valence-electron chi connectivity index (χ1n) is 9.15. The van der Waals surface area contributed by atoms with Crippen LogP contribution in [0.2, 0.25) is 0 Å². The summed E-state index contributed by atoms with van der Waals surface area (Å²) in [4.78, 5) is 36.3. The number of nitro benzene ring substituents is 1. The van der Waals surface area contributed by atoms with E-state index in [-0.39, 0.29) is 52.8 Å². The van der Waals surface area contributed by atoms with Crippen LogP contribution in [-0.4, -0.2) is 42.5 Å². The van der Waals surface area contributed by atoms with Gasteiger partial charge in [-0.05, 0) is 19.9 Å². The van der Waals surface area contributed by atoms with Gasteiger partial charge in [-0.25, -0.2) is 9.59 Å². The molecule has 1 N–H and O–H groups in total. The Labute approximate surface area is 186 Å². The molecule has 1 aliphatic rings. The molecule has 1 heterocycles. The molecule has 0 aliphatic carbocycles. The van der Waals surface area contributed by atoms with Crippen LogP contribution in [-0.2, 0) is 19.1 Å². The van der Waals surface area contributed by atoms with Gasteiger partial charge in [0.25, 0.3) is 5.69 Å². The number of halogens is 1. The molecule has 1 unspecified atom stereocenters. The predicted molar refractivity (Wildman–Crippen MR) is 112 cm³/mol. The van der Waals surface area contributed by atoms with Gasteiger partial charge < -0.3 is 19.5 Å². The molecule has 0 radical (unpaired) electrons. The smallest absolute Gasteiger partial charge is 0.337 e. The number of carbonyl (C=O) groups excluding carboxylic acids is 2. The van der Waals surface area contributed by atoms with Crippen LogP contribution in [0.1, 0.15) is 25.3 Å². The quantitative estimate of drug-likeness (QED) is 0.250. The summed E-state index contributed by atoms with van der Waals surface area (Å²) >= 11 is 3.24. The molecule has 0 amide bonds. The predicted octanol–water partition coefficient (Wildman–Crippen LogP) is 2.84. The van der Waals surface area contributed by atoms with E-state index in [4.69, 9.17) is 14.2 Å². The highest BCUT2D eigenvalue weighted by Crippen LogP contribution is 2.44. The Balaban J connectivity index is 2.88. The van der Waals surface area contributed by atoms with Gasteiger partial charge in [-0.1, -0.05) is 15.9 Å². The van der Waals surface area contributed by atoms with E-state index < -0.39 is 22.8 Å². The van der Waals surface area contributed by atoms with Crippen molar-refractivity contribution >= 4 is 33.6 Å². The average molecular weight is 494 g/mol. The maximum absolute atomic E-state index is 12.8. The molecule has 1 aromatic carbocycles. The Hall–Kier alpha value is -3.39. The molecule has 0 aromatic heterocycles. The van der Waals surface area contributed by atoms with E-state index in [1.807, 2.05) is 6.07 Å². The van der Waals surface area contributed by atoms with Crippen molar-refractivity contribution in [2.45, 2.75) is 19.8 Å². The Kier molecular flexibility index (Phi) is 8.15. The number of alkyl halides is 1. The fraction of sp³-hybridized carbons (Fsp3) is 0.350. The number of non-ortho nitro benzene ring substituents is 1. The highest BCUT2D eigenvalue weighted by Gasteiger charge is 2.41. The Morgan fingerprint density at radius 3 is 2.58 bits per heavy atom. The van der Waals surface area contributed by atoms with Gasteiger partial charge in [0.05, 0.1) is 42.3 Å². The number of nitro groups is 1. The number of carbonyl (C=O) groups is 2. The van der Waals surface area contributed by atoms with Crippen LogP contribution in [0.25, 0.3) is 0 Å². The molecule has 31 heavy (non-hydrogen) atoms. The third-order valence-corrected chi connectivity index (χ3v) is 4.75. The Morgan fingerprint density at radius 1 is 1.32 bits per heavy atom. The second-order valence-electron chi connectivity index (χ2n) is 6.23. The highest BCUT2D eigenvalue weighted by atomic mass is 79.9. The zero-order valence-electron chi connectivity index (χ0n) is 17.1. The monoisotopic (exact) mass is 493 g/mol. The second-order valence-corrected chi connectivity index (χ2v) is 7.02. The van der Waals surface area contributed by atoms with Crippen molar-refractivity contribution in [3.63, 3.8) is 0 Å². The van der Waals surface area contributed by atoms with E-state index in [1.54, 1.807) is 13.8 Å². The highest BCUT2D eigenvalue weighted by molar-refractivity contribution is 9.09. The van der Waals surface area contributed by atoms with Gasteiger partial charge in [0.2, 0.25) is 0 Å². The summed E-state index contributed by atoms with van der Waals surface area (Å²) in [6, 6.07) is 5.74. The number of hydrogen-bond donors (Lipinski definition) is 1. The first-order valence-corrected chi connectivity index (χ1v) is 10.3. The van der Waals surface area contributed by atoms with Gasteiger partial charge in [0, 0.05) is 28.7 Å². The van der Waals surface area contributed by atoms with E-state index >= 15 is 0 Å². The van der Waals surface area contributed by atoms with Crippen molar-refractivity contribution in [3.8, 4) is 11.8 Å². The van der Waals surface area contributed by atoms with Crippen LogP contribution in [0.4, 0.5) is 5.69 Å². The summed E-state index contributed by atoms with van der Waals surface area (Å²) in [5.41, 5.74) is -0.144. The number of rotatable bonds is 8. The number of dihydropyridines is 1. The Morgan fingerprint density at radius 2 is 2.03 bits per heavy atom. The molecule has 1 atom stereocenters. The Bertz CT molecular complexity index is 1010. The molecular formula is C20H20BrN3O7. The third kappa shape index (κ3) is 5.03. The van der Waals surface area contributed by atoms with Crippen LogP contribution in [0.15, 0.2) is 40.7 Å². The molecular weight excluding hydrogens is 474 g/mol. The maximum Gasteiger partial charge on any atom is 0.337 e. The number of allylic oxidation sites excluding steroid dienone is 2. The molecule has 11 heteroatoms. The minimum Gasteiger partial charge on any atom is -0.492 e. The number of nitrogens with zero attached hydrogens (tertiary/aromatic N) is 2. The summed E-state index contributed by atoms with van der Waals surface area (Å²) in [5.74, 6) is -2.59. The van der Waals surface area contributed by atoms with Crippen LogP contribution in [0.3, 0.4) is 0 Å². The molecule has 1 aliphatic heterocycles. The van der Waals surface area contributed by atoms with Crippen LogP contribution in [0.5, 0.6) is 5.75 Å². The summed E-state index contributed by atoms with van der Waals surface area (Å²) in [6.07, 6.45) is 0. The number of esters is 2. The summed E-state index contributed by atoms with van der Waals surface area (Å²) in [6.45, 7) is 3.44. The summed E-state index contributed by atoms with van der Waals surface area (Å²) in [7, 11) is 1.13. The molecule has 0 spiro atoms. The van der Waals surface area contributed by atoms with Crippen molar-refractivity contribution < 1.29 is 28.7 Å². The zero-order valence-corrected chi connectivity index (χ0v) is 18.6. The van der Waals surface area contributed by atoms with E-state index in [0.29, 0.717) is 5.33 Å². The largest absolute Gasteiger partial charge is 0.492 e. The normalized spacial score (nSPS) is 15.6. The summed E-state index contributed by atoms with van der Waals surface area (Å²) < 4.78 is 15.7. The van der Waals surface area contributed by atoms with Crippen molar-refractivity contribution in [2.75, 3.05) is 25.7 Å². The minimum atomic E-state index is -1.19. The lowest BCUT2D eigenvalue weighted by Crippen LogP contribution is -2.33. The topological polar surface area (TPSA) is 141 Å². The summed E-state index contributed by atoms with van der Waals surface area (Å²) in [5, 5.41) is 24.2. The van der Waals surface area contributed by atoms with Crippen molar-refractivity contribution in [1.29, 1.82) is 5.26 Å². The third-order valence-electron chi connectivity index (χ3n) is 4.43. The maximum atomic E-state index is 12.8. The van der Waals surface area contributed by atoms with E-state index in [9.17, 15) is 25.0 Å². The van der Waals surface area contributed by atoms with Gasteiger partial charge in [-0.15, -0.1) is 0 Å². The van der Waals surface area contributed by atoms with Gasteiger partial charge in [0.1, 0.15) is 17.5 Å². The lowest BCUT2D eigenvalue weighted by molar-refractivity contribution is -0.384. The van der Waals surface area contributed by atoms with Crippen molar-refractivity contribution in [2.24, 2.45) is 0 Å². The average Bonchev–Trinajstić information content (AvgIpc) is 2.76. The second kappa shape index (κ2) is 10.6. The van der Waals surface area contributed by atoms with Gasteiger partial charge in [-0.2, -0.15) is 5.26 Å². The van der Waals surface area contributed by atoms with Crippen molar-refractivity contribution in [3.05, 3.63) is 56.4 Å². The fourth-order valence-electron chi connectivity index (χ4n) is 3.19. The number of benzene rings is 1. The van der Waals surface area contributed by atoms with Crippen LogP contribution < -0.4 is 10.1 Å². The molecule has 164 valence electrons. The lowest BCUT2D eigenvalue weighted by atomic mass is 9.79. The number of methoxy groups -OCH3 is 1. The first-order chi connectivity index (χ1) is 14.8. The fourth-order valence-corrected chi connectivity index (χ4v) is 3.35. The standard InChI is InChI=1S/C20H20BrN3O7/c1-4-30-20(26)16-11(2)23-14(10-22)18(19(25)29-3)17(16)13-9-12(24(27)28)5-6-15(13)31-8-7-21/h5-6,9,17,23H,4,7-8H2,1-3H3. The molecule has 0 fully saturated rings. The van der Waals surface area contributed by atoms with Gasteiger partial charge in [-0.3, -0.25) is 10.1 Å². The number of hydrogen-bond acceptors (Lipinski definition) is 9. The molecule has 0 saturated heterocycles. The molecule has 0 saturated carbocycles. The zero-order chi connectivity index (χ0) is 23.1. The molecule has 1 aromatic rings. The molecule has 10 nitrogen and oxygen atoms in total. The molecule has 0 bridgehead atoms. The van der Waals surface area contributed by atoms with Crippen molar-refractivity contribution in [1.82, 2.24) is 5.32 Å². The van der Waals surface area contributed by atoms with E-state index in [1.165, 1.54) is 18.2 Å². The van der Waals surface area contributed by atoms with E-state index in [2.05, 4.69) is 21.2 Å². The number of nitriles is 1. The van der Waals surface area contributed by atoms with Gasteiger partial charge >= 0.3 is 11.9 Å². The van der Waals surface area contributed by atoms with Gasteiger partial charge in [0.15, 0.2) is 0 Å². The SMILES string of the molecule is CCOC(=O)C1=C(C)NC(C#N)=C(C(=O)OC)C1c1cc([N+](=O)[O-])ccc1OCCBr. The number of nitrogens with one attached hydrogen (secondary N) is 1. The van der Waals surface area contributed by atoms with Crippen LogP contribution in [0, 0.1) is 21.4 Å².